The SMILES string of the molecule is CC(C)CCC[C@@H](C)[C@H]1CC[C@H]2[C@@H]3CCC4CC(CC/C=C/CCC5CC[C@@]6(C)C(CC[C@H]7[C@@H]8CC[C@H]([C@H](C)CCCC(C)C)[C@@]8(C)CC[C@@H]76)C5)CC[C@]4(C)[C@H]3CC[C@]12C. The second-order valence-electron chi connectivity index (χ2n) is 27.3. The zero-order valence-electron chi connectivity index (χ0n) is 42.2. The molecule has 0 aromatic carbocycles. The van der Waals surface area contributed by atoms with Crippen molar-refractivity contribution in [2.45, 2.75) is 249 Å². The summed E-state index contributed by atoms with van der Waals surface area (Å²) in [6.45, 7) is 26.2. The van der Waals surface area contributed by atoms with E-state index >= 15 is 0 Å². The van der Waals surface area contributed by atoms with Crippen molar-refractivity contribution >= 4 is 0 Å². The van der Waals surface area contributed by atoms with Gasteiger partial charge in [0, 0.05) is 0 Å². The maximum Gasteiger partial charge on any atom is -0.0264 e. The summed E-state index contributed by atoms with van der Waals surface area (Å²) in [4.78, 5) is 0. The van der Waals surface area contributed by atoms with E-state index in [1.165, 1.54) is 77.0 Å². The summed E-state index contributed by atoms with van der Waals surface area (Å²) in [5.41, 5.74) is 2.58. The Labute approximate surface area is 376 Å². The predicted octanol–water partition coefficient (Wildman–Crippen LogP) is 18.6. The van der Waals surface area contributed by atoms with Crippen LogP contribution in [-0.4, -0.2) is 0 Å². The van der Waals surface area contributed by atoms with Crippen molar-refractivity contribution in [1.82, 2.24) is 0 Å². The highest BCUT2D eigenvalue weighted by Crippen LogP contribution is 2.70. The van der Waals surface area contributed by atoms with Gasteiger partial charge in [-0.05, 0) is 258 Å². The fraction of sp³-hybridized carbons (Fsp3) is 0.967. The Hall–Kier alpha value is -0.260. The summed E-state index contributed by atoms with van der Waals surface area (Å²) in [5, 5.41) is 0. The molecule has 8 fully saturated rings. The van der Waals surface area contributed by atoms with Gasteiger partial charge >= 0.3 is 0 Å². The number of rotatable bonds is 16. The zero-order valence-corrected chi connectivity index (χ0v) is 42.2. The second-order valence-corrected chi connectivity index (χ2v) is 27.3. The van der Waals surface area contributed by atoms with Crippen molar-refractivity contribution in [1.29, 1.82) is 0 Å². The van der Waals surface area contributed by atoms with Crippen LogP contribution in [0.3, 0.4) is 0 Å². The molecular formula is C60H104. The van der Waals surface area contributed by atoms with E-state index < -0.39 is 0 Å². The van der Waals surface area contributed by atoms with Crippen molar-refractivity contribution in [3.05, 3.63) is 12.2 Å². The van der Waals surface area contributed by atoms with Gasteiger partial charge in [-0.3, -0.25) is 0 Å². The molecule has 60 heavy (non-hydrogen) atoms. The quantitative estimate of drug-likeness (QED) is 0.136. The van der Waals surface area contributed by atoms with Gasteiger partial charge in [0.05, 0.1) is 0 Å². The van der Waals surface area contributed by atoms with Gasteiger partial charge in [0.25, 0.3) is 0 Å². The van der Waals surface area contributed by atoms with Crippen LogP contribution in [0, 0.1) is 116 Å². The van der Waals surface area contributed by atoms with Crippen LogP contribution in [0.5, 0.6) is 0 Å². The first-order valence-corrected chi connectivity index (χ1v) is 28.3. The van der Waals surface area contributed by atoms with Gasteiger partial charge in [-0.15, -0.1) is 0 Å². The molecule has 344 valence electrons. The topological polar surface area (TPSA) is 0 Å². The summed E-state index contributed by atoms with van der Waals surface area (Å²) in [6.07, 6.45) is 47.7. The van der Waals surface area contributed by atoms with Crippen LogP contribution in [0.15, 0.2) is 12.2 Å². The Bertz CT molecular complexity index is 1300. The molecule has 0 bridgehead atoms. The Balaban J connectivity index is 0.750. The number of allylic oxidation sites excluding steroid dienone is 2. The Morgan fingerprint density at radius 3 is 1.20 bits per heavy atom. The van der Waals surface area contributed by atoms with Gasteiger partial charge in [0.15, 0.2) is 0 Å². The standard InChI is InChI=1S/C60H104/c1-41(2)17-15-19-43(5)51-27-29-53-49-25-23-47-39-45(31-35-57(47,7)55(49)33-37-59(51,53)9)21-13-11-12-14-22-46-32-36-58(8)48(40-46)24-26-50-54-30-28-52(44(6)20-16-18-42(3)4)60(54,10)38-34-56(50)58/h11-12,41-56H,13-40H2,1-10H3/b12-11+/t43-,44-,45?,46?,47?,48?,49+,50+,51-,52-,53+,54+,55+,56+,57+,58+,59-,60-/m1/s1. The molecular weight excluding hydrogens is 721 g/mol. The lowest BCUT2D eigenvalue weighted by atomic mass is 9.44. The first-order chi connectivity index (χ1) is 28.7. The van der Waals surface area contributed by atoms with E-state index in [1.54, 1.807) is 103 Å². The minimum atomic E-state index is 0.644. The average molecular weight is 825 g/mol. The molecule has 0 nitrogen and oxygen atoms in total. The largest absolute Gasteiger partial charge is 0.0885 e. The fourth-order valence-corrected chi connectivity index (χ4v) is 20.2. The summed E-state index contributed by atoms with van der Waals surface area (Å²) in [5.74, 6) is 15.9. The van der Waals surface area contributed by atoms with Crippen LogP contribution in [0.4, 0.5) is 0 Å². The van der Waals surface area contributed by atoms with Crippen molar-refractivity contribution in [3.63, 3.8) is 0 Å². The minimum absolute atomic E-state index is 0.644. The van der Waals surface area contributed by atoms with Crippen LogP contribution < -0.4 is 0 Å². The normalized spacial score (nSPS) is 47.3. The number of hydrogen-bond acceptors (Lipinski definition) is 0. The molecule has 0 heterocycles. The van der Waals surface area contributed by atoms with Crippen LogP contribution >= 0.6 is 0 Å². The first-order valence-electron chi connectivity index (χ1n) is 28.3. The lowest BCUT2D eigenvalue weighted by Crippen LogP contribution is -2.53. The second kappa shape index (κ2) is 18.9. The van der Waals surface area contributed by atoms with Crippen LogP contribution in [0.2, 0.25) is 0 Å². The van der Waals surface area contributed by atoms with E-state index in [0.29, 0.717) is 21.7 Å². The van der Waals surface area contributed by atoms with Gasteiger partial charge in [0.2, 0.25) is 0 Å². The van der Waals surface area contributed by atoms with Gasteiger partial charge in [0.1, 0.15) is 0 Å². The van der Waals surface area contributed by atoms with E-state index in [2.05, 4.69) is 81.4 Å². The third-order valence-electron chi connectivity index (χ3n) is 23.6. The smallest absolute Gasteiger partial charge is 0.0264 e. The van der Waals surface area contributed by atoms with E-state index in [1.807, 2.05) is 0 Å². The van der Waals surface area contributed by atoms with Crippen LogP contribution in [-0.2, 0) is 0 Å². The minimum Gasteiger partial charge on any atom is -0.0885 e. The number of fused-ring (bicyclic) bond motifs is 10. The maximum atomic E-state index is 2.82. The molecule has 8 aliphatic rings. The summed E-state index contributed by atoms with van der Waals surface area (Å²) < 4.78 is 0. The molecule has 8 rings (SSSR count). The molecule has 0 amide bonds. The van der Waals surface area contributed by atoms with E-state index in [4.69, 9.17) is 0 Å². The van der Waals surface area contributed by atoms with Gasteiger partial charge in [-0.1, -0.05) is 120 Å². The molecule has 0 heteroatoms. The molecule has 0 radical (unpaired) electrons. The predicted molar refractivity (Wildman–Crippen MR) is 261 cm³/mol. The highest BCUT2D eigenvalue weighted by molar-refractivity contribution is 5.11. The molecule has 4 unspecified atom stereocenters. The molecule has 0 aromatic heterocycles. The maximum absolute atomic E-state index is 2.82. The van der Waals surface area contributed by atoms with Crippen LogP contribution in [0.1, 0.15) is 249 Å². The molecule has 0 spiro atoms. The molecule has 8 saturated carbocycles. The summed E-state index contributed by atoms with van der Waals surface area (Å²) in [7, 11) is 0. The number of hydrogen-bond donors (Lipinski definition) is 0. The van der Waals surface area contributed by atoms with Crippen molar-refractivity contribution in [3.8, 4) is 0 Å². The fourth-order valence-electron chi connectivity index (χ4n) is 20.2. The highest BCUT2D eigenvalue weighted by Gasteiger charge is 2.62. The molecule has 0 aliphatic heterocycles. The lowest BCUT2D eigenvalue weighted by Gasteiger charge is -2.61. The third-order valence-corrected chi connectivity index (χ3v) is 23.6. The van der Waals surface area contributed by atoms with Crippen LogP contribution in [0.25, 0.3) is 0 Å². The summed E-state index contributed by atoms with van der Waals surface area (Å²) in [6, 6.07) is 0. The Morgan fingerprint density at radius 1 is 0.417 bits per heavy atom. The van der Waals surface area contributed by atoms with E-state index in [0.717, 1.165) is 94.7 Å². The van der Waals surface area contributed by atoms with Gasteiger partial charge in [-0.2, -0.15) is 0 Å². The lowest BCUT2D eigenvalue weighted by molar-refractivity contribution is -0.121. The molecule has 0 N–H and O–H groups in total. The molecule has 8 aliphatic carbocycles. The average Bonchev–Trinajstić information content (AvgIpc) is 3.76. The monoisotopic (exact) mass is 825 g/mol. The van der Waals surface area contributed by atoms with Crippen molar-refractivity contribution < 1.29 is 0 Å². The van der Waals surface area contributed by atoms with E-state index in [9.17, 15) is 0 Å². The van der Waals surface area contributed by atoms with E-state index in [-0.39, 0.29) is 0 Å². The van der Waals surface area contributed by atoms with Crippen molar-refractivity contribution in [2.75, 3.05) is 0 Å². The molecule has 18 atom stereocenters. The Kier molecular flexibility index (Phi) is 14.6. The first kappa shape index (κ1) is 46.3. The third kappa shape index (κ3) is 8.87. The van der Waals surface area contributed by atoms with Crippen molar-refractivity contribution in [2.24, 2.45) is 116 Å². The van der Waals surface area contributed by atoms with Gasteiger partial charge in [-0.25, -0.2) is 0 Å². The summed E-state index contributed by atoms with van der Waals surface area (Å²) >= 11 is 0. The zero-order chi connectivity index (χ0) is 42.5. The molecule has 0 aromatic rings. The highest BCUT2D eigenvalue weighted by atomic mass is 14.7. The Morgan fingerprint density at radius 2 is 0.800 bits per heavy atom. The molecule has 0 saturated heterocycles. The van der Waals surface area contributed by atoms with Gasteiger partial charge < -0.3 is 0 Å².